The summed E-state index contributed by atoms with van der Waals surface area (Å²) in [6.07, 6.45) is 3.23. The lowest BCUT2D eigenvalue weighted by atomic mass is 10.3. The van der Waals surface area contributed by atoms with E-state index in [0.717, 1.165) is 9.92 Å². The lowest BCUT2D eigenvalue weighted by Crippen LogP contribution is -1.98. The standard InChI is InChI=1S/C12H13N3OS/c1-2-16-9-4-3-5-10(12(9)13)17-11-6-7-14-8-15-11/h3-8H,2,13H2,1H3. The summed E-state index contributed by atoms with van der Waals surface area (Å²) in [5.41, 5.74) is 6.68. The van der Waals surface area contributed by atoms with Gasteiger partial charge in [0.05, 0.1) is 12.3 Å². The molecule has 0 aliphatic heterocycles. The number of nitrogens with two attached hydrogens (primary N) is 1. The minimum absolute atomic E-state index is 0.603. The number of para-hydroxylation sites is 1. The van der Waals surface area contributed by atoms with E-state index in [1.165, 1.54) is 18.1 Å². The average Bonchev–Trinajstić information content (AvgIpc) is 2.36. The van der Waals surface area contributed by atoms with Gasteiger partial charge in [-0.25, -0.2) is 9.97 Å². The van der Waals surface area contributed by atoms with E-state index < -0.39 is 0 Å². The number of hydrogen-bond acceptors (Lipinski definition) is 5. The molecule has 2 aromatic rings. The first kappa shape index (κ1) is 11.7. The van der Waals surface area contributed by atoms with Gasteiger partial charge < -0.3 is 10.5 Å². The lowest BCUT2D eigenvalue weighted by Gasteiger charge is -2.10. The molecule has 88 valence electrons. The van der Waals surface area contributed by atoms with Gasteiger partial charge in [0, 0.05) is 11.1 Å². The summed E-state index contributed by atoms with van der Waals surface area (Å²) in [6, 6.07) is 7.58. The number of anilines is 1. The highest BCUT2D eigenvalue weighted by Gasteiger charge is 2.07. The first-order valence-corrected chi connectivity index (χ1v) is 6.08. The van der Waals surface area contributed by atoms with E-state index in [2.05, 4.69) is 9.97 Å². The summed E-state index contributed by atoms with van der Waals surface area (Å²) in [6.45, 7) is 2.54. The van der Waals surface area contributed by atoms with Gasteiger partial charge >= 0.3 is 0 Å². The Kier molecular flexibility index (Phi) is 3.82. The second-order valence-electron chi connectivity index (χ2n) is 3.25. The van der Waals surface area contributed by atoms with E-state index in [4.69, 9.17) is 10.5 Å². The number of rotatable bonds is 4. The fourth-order valence-electron chi connectivity index (χ4n) is 1.35. The van der Waals surface area contributed by atoms with Crippen molar-refractivity contribution in [2.75, 3.05) is 12.3 Å². The van der Waals surface area contributed by atoms with Crippen molar-refractivity contribution in [2.45, 2.75) is 16.8 Å². The van der Waals surface area contributed by atoms with E-state index in [9.17, 15) is 0 Å². The fourth-order valence-corrected chi connectivity index (χ4v) is 2.16. The second-order valence-corrected chi connectivity index (χ2v) is 4.31. The van der Waals surface area contributed by atoms with Crippen LogP contribution >= 0.6 is 11.8 Å². The molecule has 1 aromatic carbocycles. The normalized spacial score (nSPS) is 10.2. The van der Waals surface area contributed by atoms with Crippen molar-refractivity contribution < 1.29 is 4.74 Å². The SMILES string of the molecule is CCOc1cccc(Sc2ccncn2)c1N. The van der Waals surface area contributed by atoms with E-state index in [1.54, 1.807) is 6.20 Å². The van der Waals surface area contributed by atoms with Crippen molar-refractivity contribution in [1.29, 1.82) is 0 Å². The molecule has 0 radical (unpaired) electrons. The molecule has 0 fully saturated rings. The molecular formula is C12H13N3OS. The molecule has 1 aromatic heterocycles. The maximum atomic E-state index is 6.03. The van der Waals surface area contributed by atoms with Gasteiger partial charge in [-0.1, -0.05) is 17.8 Å². The molecular weight excluding hydrogens is 234 g/mol. The van der Waals surface area contributed by atoms with Gasteiger partial charge in [0.25, 0.3) is 0 Å². The van der Waals surface area contributed by atoms with E-state index in [0.29, 0.717) is 18.0 Å². The van der Waals surface area contributed by atoms with Gasteiger partial charge in [-0.05, 0) is 25.1 Å². The molecule has 0 atom stereocenters. The predicted octanol–water partition coefficient (Wildman–Crippen LogP) is 2.61. The maximum Gasteiger partial charge on any atom is 0.143 e. The van der Waals surface area contributed by atoms with Crippen LogP contribution < -0.4 is 10.5 Å². The largest absolute Gasteiger partial charge is 0.492 e. The van der Waals surface area contributed by atoms with Crippen LogP contribution in [-0.4, -0.2) is 16.6 Å². The van der Waals surface area contributed by atoms with E-state index in [1.807, 2.05) is 31.2 Å². The molecule has 0 aliphatic rings. The third kappa shape index (κ3) is 2.88. The highest BCUT2D eigenvalue weighted by molar-refractivity contribution is 7.99. The van der Waals surface area contributed by atoms with Crippen LogP contribution in [0.1, 0.15) is 6.92 Å². The quantitative estimate of drug-likeness (QED) is 0.664. The molecule has 0 saturated heterocycles. The van der Waals surface area contributed by atoms with Crippen LogP contribution in [0.2, 0.25) is 0 Å². The van der Waals surface area contributed by atoms with Gasteiger partial charge in [0.1, 0.15) is 17.1 Å². The Bertz CT molecular complexity index is 490. The van der Waals surface area contributed by atoms with Gasteiger partial charge in [-0.3, -0.25) is 0 Å². The topological polar surface area (TPSA) is 61.0 Å². The molecule has 0 bridgehead atoms. The van der Waals surface area contributed by atoms with Gasteiger partial charge in [-0.2, -0.15) is 0 Å². The number of nitrogens with zero attached hydrogens (tertiary/aromatic N) is 2. The number of benzene rings is 1. The van der Waals surface area contributed by atoms with Gasteiger partial charge in [0.2, 0.25) is 0 Å². The Morgan fingerprint density at radius 2 is 2.24 bits per heavy atom. The zero-order valence-electron chi connectivity index (χ0n) is 9.46. The highest BCUT2D eigenvalue weighted by Crippen LogP contribution is 2.35. The minimum Gasteiger partial charge on any atom is -0.492 e. The maximum absolute atomic E-state index is 6.03. The molecule has 0 saturated carbocycles. The summed E-state index contributed by atoms with van der Waals surface area (Å²) in [4.78, 5) is 8.96. The van der Waals surface area contributed by atoms with Crippen molar-refractivity contribution in [3.05, 3.63) is 36.8 Å². The molecule has 0 amide bonds. The Hall–Kier alpha value is -1.75. The smallest absolute Gasteiger partial charge is 0.143 e. The fraction of sp³-hybridized carbons (Fsp3) is 0.167. The van der Waals surface area contributed by atoms with Crippen molar-refractivity contribution in [3.8, 4) is 5.75 Å². The van der Waals surface area contributed by atoms with E-state index >= 15 is 0 Å². The molecule has 0 unspecified atom stereocenters. The Morgan fingerprint density at radius 3 is 2.94 bits per heavy atom. The van der Waals surface area contributed by atoms with E-state index in [-0.39, 0.29) is 0 Å². The van der Waals surface area contributed by atoms with Crippen LogP contribution in [0.15, 0.2) is 46.7 Å². The number of hydrogen-bond donors (Lipinski definition) is 1. The number of aromatic nitrogens is 2. The highest BCUT2D eigenvalue weighted by atomic mass is 32.2. The molecule has 4 nitrogen and oxygen atoms in total. The van der Waals surface area contributed by atoms with Crippen LogP contribution in [0.3, 0.4) is 0 Å². The average molecular weight is 247 g/mol. The Labute approximate surface area is 104 Å². The molecule has 5 heteroatoms. The number of nitrogen functional groups attached to an aromatic ring is 1. The molecule has 2 rings (SSSR count). The van der Waals surface area contributed by atoms with Crippen LogP contribution in [0, 0.1) is 0 Å². The second kappa shape index (κ2) is 5.54. The molecule has 0 aliphatic carbocycles. The Balaban J connectivity index is 2.24. The minimum atomic E-state index is 0.603. The van der Waals surface area contributed by atoms with Crippen molar-refractivity contribution in [2.24, 2.45) is 0 Å². The third-order valence-corrected chi connectivity index (χ3v) is 3.12. The molecule has 17 heavy (non-hydrogen) atoms. The van der Waals surface area contributed by atoms with Crippen LogP contribution in [0.25, 0.3) is 0 Å². The number of ether oxygens (including phenoxy) is 1. The van der Waals surface area contributed by atoms with Crippen molar-refractivity contribution in [1.82, 2.24) is 9.97 Å². The van der Waals surface area contributed by atoms with Crippen LogP contribution in [0.5, 0.6) is 5.75 Å². The zero-order chi connectivity index (χ0) is 12.1. The summed E-state index contributed by atoms with van der Waals surface area (Å²) in [5.74, 6) is 0.714. The first-order valence-electron chi connectivity index (χ1n) is 5.26. The van der Waals surface area contributed by atoms with Crippen molar-refractivity contribution >= 4 is 17.4 Å². The summed E-state index contributed by atoms with van der Waals surface area (Å²) < 4.78 is 5.44. The third-order valence-electron chi connectivity index (χ3n) is 2.10. The Morgan fingerprint density at radius 1 is 1.35 bits per heavy atom. The molecule has 2 N–H and O–H groups in total. The van der Waals surface area contributed by atoms with Crippen LogP contribution in [-0.2, 0) is 0 Å². The molecule has 1 heterocycles. The first-order chi connectivity index (χ1) is 8.31. The van der Waals surface area contributed by atoms with Crippen LogP contribution in [0.4, 0.5) is 5.69 Å². The zero-order valence-corrected chi connectivity index (χ0v) is 10.3. The van der Waals surface area contributed by atoms with Gasteiger partial charge in [-0.15, -0.1) is 0 Å². The molecule has 0 spiro atoms. The summed E-state index contributed by atoms with van der Waals surface area (Å²) in [7, 11) is 0. The monoisotopic (exact) mass is 247 g/mol. The predicted molar refractivity (Wildman–Crippen MR) is 68.2 cm³/mol. The summed E-state index contributed by atoms with van der Waals surface area (Å²) >= 11 is 1.50. The van der Waals surface area contributed by atoms with Crippen molar-refractivity contribution in [3.63, 3.8) is 0 Å². The lowest BCUT2D eigenvalue weighted by molar-refractivity contribution is 0.341. The van der Waals surface area contributed by atoms with Gasteiger partial charge in [0.15, 0.2) is 0 Å². The summed E-state index contributed by atoms with van der Waals surface area (Å²) in [5, 5.41) is 0.861.